The van der Waals surface area contributed by atoms with Gasteiger partial charge in [0.15, 0.2) is 5.82 Å². The van der Waals surface area contributed by atoms with Crippen molar-refractivity contribution in [3.63, 3.8) is 0 Å². The van der Waals surface area contributed by atoms with Crippen molar-refractivity contribution in [2.75, 3.05) is 61.4 Å². The van der Waals surface area contributed by atoms with E-state index >= 15 is 0 Å². The molecular formula is C11H24N6. The number of rotatable bonds is 2. The Balaban J connectivity index is 2.42. The first-order chi connectivity index (χ1) is 8.06. The third-order valence-electron chi connectivity index (χ3n) is 3.48. The van der Waals surface area contributed by atoms with Crippen molar-refractivity contribution in [3.8, 4) is 0 Å². The zero-order chi connectivity index (χ0) is 12.6. The number of nitrogens with zero attached hydrogens (tertiary/aromatic N) is 5. The van der Waals surface area contributed by atoms with Crippen LogP contribution in [0.5, 0.6) is 0 Å². The molecule has 2 heterocycles. The Labute approximate surface area is 104 Å². The zero-order valence-corrected chi connectivity index (χ0v) is 11.6. The van der Waals surface area contributed by atoms with Crippen molar-refractivity contribution in [1.29, 1.82) is 0 Å². The minimum atomic E-state index is 1.00. The van der Waals surface area contributed by atoms with Gasteiger partial charge in [-0.2, -0.15) is 0 Å². The van der Waals surface area contributed by atoms with Gasteiger partial charge in [0.2, 0.25) is 0 Å². The minimum absolute atomic E-state index is 1.00. The first-order valence-electron chi connectivity index (χ1n) is 6.12. The molecule has 0 fully saturated rings. The Morgan fingerprint density at radius 3 is 2.06 bits per heavy atom. The Morgan fingerprint density at radius 1 is 0.941 bits per heavy atom. The van der Waals surface area contributed by atoms with Crippen molar-refractivity contribution < 1.29 is 0 Å². The van der Waals surface area contributed by atoms with Crippen LogP contribution in [0.3, 0.4) is 0 Å². The Morgan fingerprint density at radius 2 is 1.53 bits per heavy atom. The normalized spacial score (nSPS) is 21.5. The topological polar surface area (TPSA) is 28.2 Å². The maximum atomic E-state index is 3.28. The summed E-state index contributed by atoms with van der Waals surface area (Å²) in [6.45, 7) is 4.13. The van der Waals surface area contributed by atoms with Crippen LogP contribution < -0.4 is 5.43 Å². The Kier molecular flexibility index (Phi) is 3.35. The predicted octanol–water partition coefficient (Wildman–Crippen LogP) is -0.781. The lowest BCUT2D eigenvalue weighted by Gasteiger charge is -2.50. The number of likely N-dealkylation sites (N-methyl/N-ethyl adjacent to an activating group) is 2. The molecular weight excluding hydrogens is 216 g/mol. The number of hydrogen-bond donors (Lipinski definition) is 1. The van der Waals surface area contributed by atoms with Crippen LogP contribution in [0.2, 0.25) is 0 Å². The fourth-order valence-corrected chi connectivity index (χ4v) is 2.53. The van der Waals surface area contributed by atoms with Crippen molar-refractivity contribution >= 4 is 0 Å². The van der Waals surface area contributed by atoms with E-state index < -0.39 is 0 Å². The smallest absolute Gasteiger partial charge is 0.175 e. The minimum Gasteiger partial charge on any atom is -0.356 e. The first kappa shape index (κ1) is 12.3. The standard InChI is InChI=1S/C11H24N6/c1-12-16-8-6-14(4)10-11(16)17(13(2)3)9-7-15(10)5/h12H,6-9H2,1-5H3. The predicted molar refractivity (Wildman–Crippen MR) is 68.4 cm³/mol. The summed E-state index contributed by atoms with van der Waals surface area (Å²) in [6, 6.07) is 0. The third-order valence-corrected chi connectivity index (χ3v) is 3.48. The highest BCUT2D eigenvalue weighted by Gasteiger charge is 2.33. The van der Waals surface area contributed by atoms with Gasteiger partial charge in [-0.15, -0.1) is 0 Å². The molecule has 2 rings (SSSR count). The molecule has 2 aliphatic heterocycles. The Bertz CT molecular complexity index is 307. The lowest BCUT2D eigenvalue weighted by molar-refractivity contribution is -0.0331. The van der Waals surface area contributed by atoms with Crippen LogP contribution in [0, 0.1) is 0 Å². The fraction of sp³-hybridized carbons (Fsp3) is 0.818. The average molecular weight is 240 g/mol. The van der Waals surface area contributed by atoms with Crippen molar-refractivity contribution in [3.05, 3.63) is 11.6 Å². The highest BCUT2D eigenvalue weighted by atomic mass is 15.7. The van der Waals surface area contributed by atoms with E-state index in [4.69, 9.17) is 0 Å². The number of nitrogens with one attached hydrogen (secondary N) is 1. The van der Waals surface area contributed by atoms with Gasteiger partial charge in [-0.3, -0.25) is 10.0 Å². The largest absolute Gasteiger partial charge is 0.356 e. The average Bonchev–Trinajstić information content (AvgIpc) is 2.29. The molecule has 0 aromatic heterocycles. The van der Waals surface area contributed by atoms with E-state index in [0.29, 0.717) is 0 Å². The molecule has 0 radical (unpaired) electrons. The number of hydrazine groups is 2. The molecule has 0 bridgehead atoms. The monoisotopic (exact) mass is 240 g/mol. The van der Waals surface area contributed by atoms with Gasteiger partial charge < -0.3 is 9.80 Å². The van der Waals surface area contributed by atoms with Crippen LogP contribution in [0.4, 0.5) is 0 Å². The molecule has 98 valence electrons. The maximum Gasteiger partial charge on any atom is 0.175 e. The molecule has 2 aliphatic rings. The molecule has 0 spiro atoms. The molecule has 0 aliphatic carbocycles. The van der Waals surface area contributed by atoms with E-state index in [0.717, 1.165) is 26.2 Å². The van der Waals surface area contributed by atoms with Crippen LogP contribution in [-0.4, -0.2) is 86.2 Å². The molecule has 0 aromatic rings. The van der Waals surface area contributed by atoms with Crippen molar-refractivity contribution in [2.24, 2.45) is 0 Å². The van der Waals surface area contributed by atoms with Crippen LogP contribution in [0.15, 0.2) is 11.6 Å². The summed E-state index contributed by atoms with van der Waals surface area (Å²) in [7, 11) is 10.5. The molecule has 6 heteroatoms. The first-order valence-corrected chi connectivity index (χ1v) is 6.12. The molecule has 0 amide bonds. The lowest BCUT2D eigenvalue weighted by Crippen LogP contribution is -2.59. The highest BCUT2D eigenvalue weighted by Crippen LogP contribution is 2.26. The zero-order valence-electron chi connectivity index (χ0n) is 11.6. The maximum absolute atomic E-state index is 3.28. The van der Waals surface area contributed by atoms with Crippen LogP contribution >= 0.6 is 0 Å². The van der Waals surface area contributed by atoms with Crippen molar-refractivity contribution in [2.45, 2.75) is 0 Å². The van der Waals surface area contributed by atoms with Crippen LogP contribution in [-0.2, 0) is 0 Å². The molecule has 0 saturated carbocycles. The van der Waals surface area contributed by atoms with E-state index in [-0.39, 0.29) is 0 Å². The van der Waals surface area contributed by atoms with E-state index in [9.17, 15) is 0 Å². The van der Waals surface area contributed by atoms with Gasteiger partial charge in [-0.25, -0.2) is 10.4 Å². The number of hydrogen-bond acceptors (Lipinski definition) is 6. The molecule has 0 saturated heterocycles. The SMILES string of the molecule is CNN1CCN(C)C2=C1N(N(C)C)CCN2C. The van der Waals surface area contributed by atoms with Gasteiger partial charge in [0.25, 0.3) is 0 Å². The molecule has 1 N–H and O–H groups in total. The lowest BCUT2D eigenvalue weighted by atomic mass is 10.3. The highest BCUT2D eigenvalue weighted by molar-refractivity contribution is 5.15. The summed E-state index contributed by atoms with van der Waals surface area (Å²) in [6.07, 6.45) is 0. The van der Waals surface area contributed by atoms with Gasteiger partial charge in [-0.05, 0) is 0 Å². The molecule has 0 atom stereocenters. The van der Waals surface area contributed by atoms with E-state index in [1.165, 1.54) is 11.6 Å². The van der Waals surface area contributed by atoms with E-state index in [1.54, 1.807) is 0 Å². The van der Waals surface area contributed by atoms with E-state index in [1.807, 2.05) is 7.05 Å². The van der Waals surface area contributed by atoms with Crippen molar-refractivity contribution in [1.82, 2.24) is 30.3 Å². The summed E-state index contributed by atoms with van der Waals surface area (Å²) in [5.41, 5.74) is 3.28. The quantitative estimate of drug-likeness (QED) is 0.681. The summed E-state index contributed by atoms with van der Waals surface area (Å²) in [5.74, 6) is 2.55. The van der Waals surface area contributed by atoms with Gasteiger partial charge in [0.05, 0.1) is 13.1 Å². The van der Waals surface area contributed by atoms with Gasteiger partial charge in [-0.1, -0.05) is 0 Å². The van der Waals surface area contributed by atoms with Gasteiger partial charge >= 0.3 is 0 Å². The van der Waals surface area contributed by atoms with Crippen LogP contribution in [0.1, 0.15) is 0 Å². The summed E-state index contributed by atoms with van der Waals surface area (Å²) in [5, 5.41) is 6.71. The summed E-state index contributed by atoms with van der Waals surface area (Å²) < 4.78 is 0. The molecule has 17 heavy (non-hydrogen) atoms. The van der Waals surface area contributed by atoms with Gasteiger partial charge in [0.1, 0.15) is 5.82 Å². The second-order valence-corrected chi connectivity index (χ2v) is 4.84. The summed E-state index contributed by atoms with van der Waals surface area (Å²) in [4.78, 5) is 4.66. The summed E-state index contributed by atoms with van der Waals surface area (Å²) >= 11 is 0. The molecule has 6 nitrogen and oxygen atoms in total. The second-order valence-electron chi connectivity index (χ2n) is 4.84. The molecule has 0 aromatic carbocycles. The fourth-order valence-electron chi connectivity index (χ4n) is 2.53. The second kappa shape index (κ2) is 4.62. The van der Waals surface area contributed by atoms with E-state index in [2.05, 4.69) is 58.4 Å². The third kappa shape index (κ3) is 2.02. The Hall–Kier alpha value is -1.14. The molecule has 0 unspecified atom stereocenters. The van der Waals surface area contributed by atoms with Crippen LogP contribution in [0.25, 0.3) is 0 Å². The van der Waals surface area contributed by atoms with Gasteiger partial charge in [0, 0.05) is 48.3 Å².